The van der Waals surface area contributed by atoms with Crippen LogP contribution in [-0.2, 0) is 4.79 Å². The van der Waals surface area contributed by atoms with Crippen LogP contribution in [0.4, 0.5) is 6.01 Å². The van der Waals surface area contributed by atoms with Gasteiger partial charge in [0.15, 0.2) is 0 Å². The van der Waals surface area contributed by atoms with Gasteiger partial charge >= 0.3 is 6.01 Å². The first-order valence-electron chi connectivity index (χ1n) is 7.26. The Morgan fingerprint density at radius 3 is 2.54 bits per heavy atom. The molecular weight excluding hydrogens is 322 g/mol. The summed E-state index contributed by atoms with van der Waals surface area (Å²) in [5, 5.41) is 10.3. The fourth-order valence-electron chi connectivity index (χ4n) is 2.01. The molecular formula is C18H15N3O2S. The third-order valence-electron chi connectivity index (χ3n) is 3.22. The minimum absolute atomic E-state index is 0.0710. The molecule has 0 radical (unpaired) electrons. The number of carbonyl (C=O) groups is 1. The molecule has 2 aromatic carbocycles. The molecule has 24 heavy (non-hydrogen) atoms. The summed E-state index contributed by atoms with van der Waals surface area (Å²) in [5.41, 5.74) is 1.74. The largest absolute Gasteiger partial charge is 0.403 e. The summed E-state index contributed by atoms with van der Waals surface area (Å²) in [4.78, 5) is 13.0. The van der Waals surface area contributed by atoms with E-state index in [4.69, 9.17) is 4.42 Å². The van der Waals surface area contributed by atoms with Crippen molar-refractivity contribution in [2.75, 3.05) is 11.6 Å². The van der Waals surface area contributed by atoms with Crippen LogP contribution in [0.3, 0.4) is 0 Å². The number of hydrogen-bond acceptors (Lipinski definition) is 5. The second kappa shape index (κ2) is 7.61. The highest BCUT2D eigenvalue weighted by molar-refractivity contribution is 7.98. The number of hydrogen-bond donors (Lipinski definition) is 1. The average molecular weight is 337 g/mol. The van der Waals surface area contributed by atoms with Crippen molar-refractivity contribution in [1.82, 2.24) is 10.2 Å². The number of aromatic nitrogens is 2. The average Bonchev–Trinajstić information content (AvgIpc) is 3.09. The van der Waals surface area contributed by atoms with Gasteiger partial charge in [0, 0.05) is 16.5 Å². The van der Waals surface area contributed by atoms with Crippen LogP contribution in [0.15, 0.2) is 70.0 Å². The number of nitrogens with zero attached hydrogens (tertiary/aromatic N) is 2. The maximum atomic E-state index is 11.9. The second-order valence-corrected chi connectivity index (χ2v) is 5.75. The van der Waals surface area contributed by atoms with Gasteiger partial charge in [-0.25, -0.2) is 0 Å². The predicted octanol–water partition coefficient (Wildman–Crippen LogP) is 4.11. The summed E-state index contributed by atoms with van der Waals surface area (Å²) in [5.74, 6) is 0.0387. The zero-order valence-electron chi connectivity index (χ0n) is 13.0. The highest BCUT2D eigenvalue weighted by atomic mass is 32.2. The maximum Gasteiger partial charge on any atom is 0.322 e. The molecule has 1 N–H and O–H groups in total. The molecule has 0 saturated carbocycles. The summed E-state index contributed by atoms with van der Waals surface area (Å²) in [6.45, 7) is 0. The lowest BCUT2D eigenvalue weighted by Crippen LogP contribution is -2.07. The van der Waals surface area contributed by atoms with Crippen molar-refractivity contribution in [2.45, 2.75) is 4.90 Å². The van der Waals surface area contributed by atoms with Gasteiger partial charge < -0.3 is 4.42 Å². The number of carbonyl (C=O) groups excluding carboxylic acids is 1. The van der Waals surface area contributed by atoms with Crippen LogP contribution in [-0.4, -0.2) is 22.4 Å². The SMILES string of the molecule is CSc1ccc(-c2nnc(NC(=O)C=Cc3ccccc3)o2)cc1. The van der Waals surface area contributed by atoms with Crippen LogP contribution < -0.4 is 5.32 Å². The summed E-state index contributed by atoms with van der Waals surface area (Å²) in [6, 6.07) is 17.4. The lowest BCUT2D eigenvalue weighted by Gasteiger charge is -1.97. The molecule has 1 aromatic heterocycles. The first-order chi connectivity index (χ1) is 11.7. The van der Waals surface area contributed by atoms with Gasteiger partial charge in [0.1, 0.15) is 0 Å². The Balaban J connectivity index is 1.65. The number of benzene rings is 2. The molecule has 0 unspecified atom stereocenters. The molecule has 6 heteroatoms. The van der Waals surface area contributed by atoms with Gasteiger partial charge in [0.05, 0.1) is 0 Å². The van der Waals surface area contributed by atoms with E-state index in [1.165, 1.54) is 6.08 Å². The van der Waals surface area contributed by atoms with Gasteiger partial charge in [-0.1, -0.05) is 35.4 Å². The molecule has 0 aliphatic carbocycles. The minimum Gasteiger partial charge on any atom is -0.403 e. The Labute approximate surface area is 143 Å². The molecule has 1 amide bonds. The van der Waals surface area contributed by atoms with Crippen molar-refractivity contribution < 1.29 is 9.21 Å². The van der Waals surface area contributed by atoms with E-state index in [0.717, 1.165) is 16.0 Å². The minimum atomic E-state index is -0.327. The van der Waals surface area contributed by atoms with Crippen molar-refractivity contribution in [3.8, 4) is 11.5 Å². The van der Waals surface area contributed by atoms with Crippen LogP contribution in [0, 0.1) is 0 Å². The predicted molar refractivity (Wildman–Crippen MR) is 95.6 cm³/mol. The van der Waals surface area contributed by atoms with Gasteiger partial charge in [0.2, 0.25) is 5.89 Å². The second-order valence-electron chi connectivity index (χ2n) is 4.87. The van der Waals surface area contributed by atoms with Crippen molar-refractivity contribution in [3.05, 3.63) is 66.2 Å². The fourth-order valence-corrected chi connectivity index (χ4v) is 2.42. The molecule has 3 rings (SSSR count). The number of rotatable bonds is 5. The van der Waals surface area contributed by atoms with E-state index >= 15 is 0 Å². The Morgan fingerprint density at radius 1 is 1.08 bits per heavy atom. The molecule has 5 nitrogen and oxygen atoms in total. The molecule has 3 aromatic rings. The summed E-state index contributed by atoms with van der Waals surface area (Å²) in [7, 11) is 0. The number of thioether (sulfide) groups is 1. The smallest absolute Gasteiger partial charge is 0.322 e. The maximum absolute atomic E-state index is 11.9. The molecule has 0 aliphatic rings. The van der Waals surface area contributed by atoms with Crippen LogP contribution in [0.25, 0.3) is 17.5 Å². The summed E-state index contributed by atoms with van der Waals surface area (Å²) >= 11 is 1.66. The molecule has 0 saturated heterocycles. The molecule has 120 valence electrons. The Hall–Kier alpha value is -2.86. The van der Waals surface area contributed by atoms with Gasteiger partial charge in [-0.3, -0.25) is 10.1 Å². The van der Waals surface area contributed by atoms with Crippen molar-refractivity contribution in [3.63, 3.8) is 0 Å². The van der Waals surface area contributed by atoms with E-state index in [-0.39, 0.29) is 11.9 Å². The summed E-state index contributed by atoms with van der Waals surface area (Å²) in [6.07, 6.45) is 5.15. The van der Waals surface area contributed by atoms with Crippen LogP contribution in [0.2, 0.25) is 0 Å². The lowest BCUT2D eigenvalue weighted by molar-refractivity contribution is -0.112. The Morgan fingerprint density at radius 2 is 1.83 bits per heavy atom. The van der Waals surface area contributed by atoms with Crippen molar-refractivity contribution in [2.24, 2.45) is 0 Å². The molecule has 0 atom stereocenters. The molecule has 1 heterocycles. The van der Waals surface area contributed by atoms with Crippen LogP contribution in [0.5, 0.6) is 0 Å². The van der Waals surface area contributed by atoms with Gasteiger partial charge in [-0.05, 0) is 42.2 Å². The Bertz CT molecular complexity index is 842. The number of anilines is 1. The van der Waals surface area contributed by atoms with Gasteiger partial charge in [0.25, 0.3) is 5.91 Å². The first kappa shape index (κ1) is 16.0. The number of nitrogens with one attached hydrogen (secondary N) is 1. The van der Waals surface area contributed by atoms with E-state index in [0.29, 0.717) is 5.89 Å². The van der Waals surface area contributed by atoms with Crippen molar-refractivity contribution >= 4 is 29.8 Å². The van der Waals surface area contributed by atoms with Gasteiger partial charge in [-0.2, -0.15) is 0 Å². The normalized spacial score (nSPS) is 10.9. The highest BCUT2D eigenvalue weighted by Crippen LogP contribution is 2.23. The zero-order chi connectivity index (χ0) is 16.8. The molecule has 0 bridgehead atoms. The molecule has 0 aliphatic heterocycles. The standard InChI is InChI=1S/C18H15N3O2S/c1-24-15-10-8-14(9-11-15)17-20-21-18(23-17)19-16(22)12-7-13-5-3-2-4-6-13/h2-12H,1H3,(H,19,21,22). The number of amides is 1. The van der Waals surface area contributed by atoms with E-state index in [9.17, 15) is 4.79 Å². The monoisotopic (exact) mass is 337 g/mol. The zero-order valence-corrected chi connectivity index (χ0v) is 13.8. The van der Waals surface area contributed by atoms with Crippen molar-refractivity contribution in [1.29, 1.82) is 0 Å². The first-order valence-corrected chi connectivity index (χ1v) is 8.49. The summed E-state index contributed by atoms with van der Waals surface area (Å²) < 4.78 is 5.47. The van der Waals surface area contributed by atoms with E-state index in [2.05, 4.69) is 15.5 Å². The van der Waals surface area contributed by atoms with Gasteiger partial charge in [-0.15, -0.1) is 16.9 Å². The quantitative estimate of drug-likeness (QED) is 0.560. The van der Waals surface area contributed by atoms with E-state index in [1.54, 1.807) is 17.8 Å². The highest BCUT2D eigenvalue weighted by Gasteiger charge is 2.10. The third-order valence-corrected chi connectivity index (χ3v) is 3.96. The van der Waals surface area contributed by atoms with Crippen LogP contribution in [0.1, 0.15) is 5.56 Å². The van der Waals surface area contributed by atoms with Crippen LogP contribution >= 0.6 is 11.8 Å². The lowest BCUT2D eigenvalue weighted by atomic mass is 10.2. The molecule has 0 spiro atoms. The molecule has 0 fully saturated rings. The van der Waals surface area contributed by atoms with E-state index < -0.39 is 0 Å². The topological polar surface area (TPSA) is 68.0 Å². The third kappa shape index (κ3) is 4.11. The Kier molecular flexibility index (Phi) is 5.08. The fraction of sp³-hybridized carbons (Fsp3) is 0.0556. The van der Waals surface area contributed by atoms with E-state index in [1.807, 2.05) is 60.9 Å².